The lowest BCUT2D eigenvalue weighted by Gasteiger charge is -2.43. The smallest absolute Gasteiger partial charge is 0.407 e. The van der Waals surface area contributed by atoms with E-state index in [0.717, 1.165) is 31.2 Å². The summed E-state index contributed by atoms with van der Waals surface area (Å²) in [5.74, 6) is 0.388. The molecule has 1 aromatic carbocycles. The van der Waals surface area contributed by atoms with E-state index in [9.17, 15) is 14.4 Å². The van der Waals surface area contributed by atoms with E-state index in [0.29, 0.717) is 19.1 Å². The van der Waals surface area contributed by atoms with Crippen molar-refractivity contribution in [1.82, 2.24) is 10.6 Å². The van der Waals surface area contributed by atoms with Gasteiger partial charge < -0.3 is 29.6 Å². The first-order chi connectivity index (χ1) is 17.3. The van der Waals surface area contributed by atoms with Crippen LogP contribution in [0.3, 0.4) is 0 Å². The van der Waals surface area contributed by atoms with Crippen molar-refractivity contribution in [3.63, 3.8) is 0 Å². The third-order valence-corrected chi connectivity index (χ3v) is 6.72. The van der Waals surface area contributed by atoms with Crippen LogP contribution in [0, 0.1) is 17.8 Å². The van der Waals surface area contributed by atoms with Crippen LogP contribution in [0.25, 0.3) is 0 Å². The number of rotatable bonds is 14. The standard InChI is InChI=1S/C27H42N2O7/c1-19-20(2)24(18-34-22(4)30)36-26(21(19)3)33-15-11-6-5-10-14-28-25(31)16-29-27(32)35-17-23-12-8-7-9-13-23/h7-9,12-13,19-21,24,26H,5-6,10-11,14-18H2,1-4H3,(H,28,31)(H,29,32)/t19-,20+,21?,24?,26+/m0/s1. The van der Waals surface area contributed by atoms with Crippen LogP contribution in [0.4, 0.5) is 4.79 Å². The molecule has 2 unspecified atom stereocenters. The average molecular weight is 507 g/mol. The third kappa shape index (κ3) is 11.0. The Labute approximate surface area is 214 Å². The van der Waals surface area contributed by atoms with Crippen molar-refractivity contribution in [1.29, 1.82) is 0 Å². The molecule has 1 saturated heterocycles. The van der Waals surface area contributed by atoms with Crippen molar-refractivity contribution < 1.29 is 33.3 Å². The number of benzene rings is 1. The van der Waals surface area contributed by atoms with Gasteiger partial charge in [-0.3, -0.25) is 9.59 Å². The lowest BCUT2D eigenvalue weighted by Crippen LogP contribution is -2.47. The maximum Gasteiger partial charge on any atom is 0.407 e. The highest BCUT2D eigenvalue weighted by Gasteiger charge is 2.40. The molecule has 0 aliphatic carbocycles. The van der Waals surface area contributed by atoms with E-state index in [4.69, 9.17) is 18.9 Å². The molecule has 36 heavy (non-hydrogen) atoms. The largest absolute Gasteiger partial charge is 0.463 e. The monoisotopic (exact) mass is 506 g/mol. The molecular weight excluding hydrogens is 464 g/mol. The number of nitrogens with one attached hydrogen (secondary N) is 2. The van der Waals surface area contributed by atoms with Gasteiger partial charge in [0.2, 0.25) is 5.91 Å². The van der Waals surface area contributed by atoms with Gasteiger partial charge in [0.1, 0.15) is 13.2 Å². The van der Waals surface area contributed by atoms with E-state index >= 15 is 0 Å². The Bertz CT molecular complexity index is 805. The van der Waals surface area contributed by atoms with Gasteiger partial charge in [0.25, 0.3) is 0 Å². The van der Waals surface area contributed by atoms with Crippen LogP contribution >= 0.6 is 0 Å². The van der Waals surface area contributed by atoms with Crippen LogP contribution in [-0.4, -0.2) is 56.7 Å². The molecule has 1 aromatic rings. The predicted molar refractivity (Wildman–Crippen MR) is 135 cm³/mol. The summed E-state index contributed by atoms with van der Waals surface area (Å²) in [7, 11) is 0. The Morgan fingerprint density at radius 3 is 2.33 bits per heavy atom. The number of hydrogen-bond donors (Lipinski definition) is 2. The van der Waals surface area contributed by atoms with Crippen molar-refractivity contribution in [2.75, 3.05) is 26.3 Å². The van der Waals surface area contributed by atoms with Crippen molar-refractivity contribution >= 4 is 18.0 Å². The minimum Gasteiger partial charge on any atom is -0.463 e. The Kier molecular flexibility index (Phi) is 13.3. The fourth-order valence-corrected chi connectivity index (χ4v) is 4.06. The lowest BCUT2D eigenvalue weighted by molar-refractivity contribution is -0.255. The summed E-state index contributed by atoms with van der Waals surface area (Å²) in [6.45, 7) is 9.30. The normalized spacial score (nSPS) is 23.5. The summed E-state index contributed by atoms with van der Waals surface area (Å²) < 4.78 is 22.3. The molecular formula is C27H42N2O7. The molecule has 0 bridgehead atoms. The number of alkyl carbamates (subject to hydrolysis) is 1. The molecule has 1 heterocycles. The molecule has 202 valence electrons. The number of carbonyl (C=O) groups excluding carboxylic acids is 3. The predicted octanol–water partition coefficient (Wildman–Crippen LogP) is 3.80. The molecule has 2 amide bonds. The molecule has 0 radical (unpaired) electrons. The molecule has 0 saturated carbocycles. The van der Waals surface area contributed by atoms with Gasteiger partial charge in [-0.15, -0.1) is 0 Å². The quantitative estimate of drug-likeness (QED) is 0.292. The molecule has 2 N–H and O–H groups in total. The summed E-state index contributed by atoms with van der Waals surface area (Å²) in [6.07, 6.45) is 2.60. The van der Waals surface area contributed by atoms with Gasteiger partial charge in [0.15, 0.2) is 6.29 Å². The zero-order valence-electron chi connectivity index (χ0n) is 22.0. The molecule has 0 spiro atoms. The van der Waals surface area contributed by atoms with Gasteiger partial charge in [-0.2, -0.15) is 0 Å². The lowest BCUT2D eigenvalue weighted by atomic mass is 9.79. The van der Waals surface area contributed by atoms with E-state index < -0.39 is 6.09 Å². The van der Waals surface area contributed by atoms with Crippen LogP contribution in [0.2, 0.25) is 0 Å². The van der Waals surface area contributed by atoms with E-state index in [1.165, 1.54) is 6.92 Å². The van der Waals surface area contributed by atoms with Gasteiger partial charge in [-0.25, -0.2) is 4.79 Å². The number of esters is 1. The molecule has 0 aromatic heterocycles. The number of unbranched alkanes of at least 4 members (excludes halogenated alkanes) is 3. The summed E-state index contributed by atoms with van der Waals surface area (Å²) in [6, 6.07) is 9.35. The van der Waals surface area contributed by atoms with Crippen molar-refractivity contribution in [2.45, 2.75) is 72.4 Å². The second kappa shape index (κ2) is 16.2. The zero-order valence-corrected chi connectivity index (χ0v) is 22.0. The van der Waals surface area contributed by atoms with Crippen LogP contribution < -0.4 is 10.6 Å². The summed E-state index contributed by atoms with van der Waals surface area (Å²) in [4.78, 5) is 34.7. The maximum absolute atomic E-state index is 11.9. The first kappa shape index (κ1) is 29.6. The Morgan fingerprint density at radius 1 is 0.889 bits per heavy atom. The highest BCUT2D eigenvalue weighted by Crippen LogP contribution is 2.35. The topological polar surface area (TPSA) is 112 Å². The summed E-state index contributed by atoms with van der Waals surface area (Å²) >= 11 is 0. The van der Waals surface area contributed by atoms with E-state index in [1.54, 1.807) is 0 Å². The zero-order chi connectivity index (χ0) is 26.3. The van der Waals surface area contributed by atoms with Crippen molar-refractivity contribution in [3.8, 4) is 0 Å². The first-order valence-electron chi connectivity index (χ1n) is 12.9. The fourth-order valence-electron chi connectivity index (χ4n) is 4.06. The summed E-state index contributed by atoms with van der Waals surface area (Å²) in [5.41, 5.74) is 0.885. The number of hydrogen-bond acceptors (Lipinski definition) is 7. The average Bonchev–Trinajstić information content (AvgIpc) is 2.87. The third-order valence-electron chi connectivity index (χ3n) is 6.72. The minimum atomic E-state index is -0.619. The van der Waals surface area contributed by atoms with Crippen LogP contribution in [-0.2, 0) is 35.1 Å². The SMILES string of the molecule is CC(=O)OCC1O[C@@H](OCCCCCCNC(=O)CNC(=O)OCc2ccccc2)C(C)[C@@H](C)[C@H]1C. The van der Waals surface area contributed by atoms with Gasteiger partial charge in [-0.05, 0) is 30.2 Å². The first-order valence-corrected chi connectivity index (χ1v) is 12.9. The van der Waals surface area contributed by atoms with E-state index in [1.807, 2.05) is 30.3 Å². The number of ether oxygens (including phenoxy) is 4. The van der Waals surface area contributed by atoms with Crippen molar-refractivity contribution in [3.05, 3.63) is 35.9 Å². The minimum absolute atomic E-state index is 0.115. The highest BCUT2D eigenvalue weighted by molar-refractivity contribution is 5.82. The Hall–Kier alpha value is -2.65. The highest BCUT2D eigenvalue weighted by atomic mass is 16.7. The van der Waals surface area contributed by atoms with Gasteiger partial charge in [0.05, 0.1) is 12.6 Å². The molecule has 5 atom stereocenters. The number of amides is 2. The molecule has 1 fully saturated rings. The molecule has 9 heteroatoms. The van der Waals surface area contributed by atoms with Gasteiger partial charge in [0, 0.05) is 26.0 Å². The summed E-state index contributed by atoms with van der Waals surface area (Å²) in [5, 5.41) is 5.25. The molecule has 9 nitrogen and oxygen atoms in total. The Morgan fingerprint density at radius 2 is 1.61 bits per heavy atom. The Balaban J connectivity index is 1.49. The maximum atomic E-state index is 11.9. The second-order valence-electron chi connectivity index (χ2n) is 9.47. The number of carbonyl (C=O) groups is 3. The molecule has 1 aliphatic heterocycles. The van der Waals surface area contributed by atoms with E-state index in [2.05, 4.69) is 31.4 Å². The van der Waals surface area contributed by atoms with E-state index in [-0.39, 0.29) is 55.9 Å². The fraction of sp³-hybridized carbons (Fsp3) is 0.667. The van der Waals surface area contributed by atoms with Crippen molar-refractivity contribution in [2.24, 2.45) is 17.8 Å². The van der Waals surface area contributed by atoms with Crippen LogP contribution in [0.15, 0.2) is 30.3 Å². The van der Waals surface area contributed by atoms with Crippen LogP contribution in [0.1, 0.15) is 58.9 Å². The van der Waals surface area contributed by atoms with Gasteiger partial charge >= 0.3 is 12.1 Å². The second-order valence-corrected chi connectivity index (χ2v) is 9.47. The molecule has 2 rings (SSSR count). The van der Waals surface area contributed by atoms with Gasteiger partial charge in [-0.1, -0.05) is 63.9 Å². The molecule has 1 aliphatic rings. The van der Waals surface area contributed by atoms with Crippen LogP contribution in [0.5, 0.6) is 0 Å².